The Kier molecular flexibility index (Phi) is 3.64. The average Bonchev–Trinajstić information content (AvgIpc) is 3.38. The van der Waals surface area contributed by atoms with Crippen LogP contribution in [0.4, 0.5) is 11.5 Å². The van der Waals surface area contributed by atoms with Gasteiger partial charge in [0.2, 0.25) is 0 Å². The van der Waals surface area contributed by atoms with Crippen LogP contribution in [0.2, 0.25) is 0 Å². The molecule has 3 aromatic rings. The summed E-state index contributed by atoms with van der Waals surface area (Å²) in [6.45, 7) is 0. The molecule has 126 valence electrons. The first kappa shape index (κ1) is 15.3. The number of amides is 1. The third kappa shape index (κ3) is 3.18. The zero-order valence-electron chi connectivity index (χ0n) is 13.7. The Labute approximate surface area is 144 Å². The second-order valence-electron chi connectivity index (χ2n) is 6.09. The summed E-state index contributed by atoms with van der Waals surface area (Å²) in [4.78, 5) is 25.3. The molecular formula is C17H17N7O. The van der Waals surface area contributed by atoms with Crippen molar-refractivity contribution in [2.24, 2.45) is 7.05 Å². The number of anilines is 2. The zero-order chi connectivity index (χ0) is 17.4. The highest BCUT2D eigenvalue weighted by Crippen LogP contribution is 2.38. The molecule has 0 saturated heterocycles. The number of nitrogen functional groups attached to an aromatic ring is 1. The monoisotopic (exact) mass is 335 g/mol. The van der Waals surface area contributed by atoms with Gasteiger partial charge in [-0.2, -0.15) is 5.10 Å². The Morgan fingerprint density at radius 1 is 1.24 bits per heavy atom. The van der Waals surface area contributed by atoms with E-state index in [-0.39, 0.29) is 5.69 Å². The van der Waals surface area contributed by atoms with Gasteiger partial charge in [0.1, 0.15) is 5.69 Å². The van der Waals surface area contributed by atoms with Crippen LogP contribution < -0.4 is 11.1 Å². The average molecular weight is 335 g/mol. The fourth-order valence-electron chi connectivity index (χ4n) is 2.50. The number of hydrogen-bond acceptors (Lipinski definition) is 6. The quantitative estimate of drug-likeness (QED) is 0.754. The van der Waals surface area contributed by atoms with Crippen molar-refractivity contribution in [3.8, 4) is 11.3 Å². The minimum atomic E-state index is -0.391. The SMILES string of the molecule is Cn1cc(-c2ccc(N)c(NC(=O)c3cnc(C4CC4)cn3)n2)cn1. The van der Waals surface area contributed by atoms with Crippen molar-refractivity contribution < 1.29 is 4.79 Å². The first-order valence-electron chi connectivity index (χ1n) is 7.99. The van der Waals surface area contributed by atoms with Crippen LogP contribution >= 0.6 is 0 Å². The summed E-state index contributed by atoms with van der Waals surface area (Å²) in [7, 11) is 1.83. The van der Waals surface area contributed by atoms with E-state index in [1.54, 1.807) is 29.2 Å². The maximum Gasteiger partial charge on any atom is 0.277 e. The summed E-state index contributed by atoms with van der Waals surface area (Å²) in [6.07, 6.45) is 8.97. The molecule has 3 heterocycles. The predicted octanol–water partition coefficient (Wildman–Crippen LogP) is 1.98. The molecule has 0 bridgehead atoms. The molecule has 1 aliphatic rings. The molecule has 1 aliphatic carbocycles. The minimum Gasteiger partial charge on any atom is -0.396 e. The number of hydrogen-bond donors (Lipinski definition) is 2. The van der Waals surface area contributed by atoms with E-state index in [2.05, 4.69) is 25.4 Å². The Balaban J connectivity index is 1.55. The van der Waals surface area contributed by atoms with E-state index in [0.29, 0.717) is 23.1 Å². The Morgan fingerprint density at radius 3 is 2.72 bits per heavy atom. The molecule has 0 radical (unpaired) electrons. The third-order valence-electron chi connectivity index (χ3n) is 4.06. The number of nitrogens with one attached hydrogen (secondary N) is 1. The highest BCUT2D eigenvalue weighted by Gasteiger charge is 2.25. The van der Waals surface area contributed by atoms with Crippen LogP contribution in [0, 0.1) is 0 Å². The number of nitrogens with zero attached hydrogens (tertiary/aromatic N) is 5. The van der Waals surface area contributed by atoms with E-state index in [4.69, 9.17) is 5.73 Å². The van der Waals surface area contributed by atoms with Gasteiger partial charge in [0.15, 0.2) is 5.82 Å². The Hall–Kier alpha value is -3.29. The lowest BCUT2D eigenvalue weighted by atomic mass is 10.2. The standard InChI is InChI=1S/C17H17N7O/c1-24-9-11(6-21-24)13-5-4-12(18)16(22-13)23-17(25)15-8-19-14(7-20-15)10-2-3-10/h4-10H,2-3,18H2,1H3,(H,22,23,25). The summed E-state index contributed by atoms with van der Waals surface area (Å²) in [5.41, 5.74) is 9.00. The maximum absolute atomic E-state index is 12.4. The van der Waals surface area contributed by atoms with Crippen LogP contribution in [-0.2, 0) is 7.05 Å². The first-order chi connectivity index (χ1) is 12.1. The van der Waals surface area contributed by atoms with E-state index in [1.165, 1.54) is 6.20 Å². The number of carbonyl (C=O) groups is 1. The second kappa shape index (κ2) is 5.97. The Morgan fingerprint density at radius 2 is 2.08 bits per heavy atom. The van der Waals surface area contributed by atoms with Crippen LogP contribution in [0.5, 0.6) is 0 Å². The van der Waals surface area contributed by atoms with Crippen molar-refractivity contribution in [2.75, 3.05) is 11.1 Å². The molecule has 3 N–H and O–H groups in total. The molecule has 4 rings (SSSR count). The van der Waals surface area contributed by atoms with Crippen LogP contribution in [0.15, 0.2) is 36.9 Å². The van der Waals surface area contributed by atoms with Crippen molar-refractivity contribution in [3.05, 3.63) is 48.3 Å². The molecule has 0 spiro atoms. The summed E-state index contributed by atoms with van der Waals surface area (Å²) in [5.74, 6) is 0.398. The van der Waals surface area contributed by atoms with Crippen molar-refractivity contribution in [1.29, 1.82) is 0 Å². The van der Waals surface area contributed by atoms with Gasteiger partial charge in [0.05, 0.1) is 29.5 Å². The van der Waals surface area contributed by atoms with Gasteiger partial charge in [-0.05, 0) is 25.0 Å². The van der Waals surface area contributed by atoms with Gasteiger partial charge < -0.3 is 11.1 Å². The molecule has 0 aliphatic heterocycles. The fraction of sp³-hybridized carbons (Fsp3) is 0.235. The van der Waals surface area contributed by atoms with Crippen molar-refractivity contribution in [2.45, 2.75) is 18.8 Å². The molecule has 0 unspecified atom stereocenters. The lowest BCUT2D eigenvalue weighted by Gasteiger charge is -2.08. The van der Waals surface area contributed by atoms with Gasteiger partial charge in [-0.1, -0.05) is 0 Å². The zero-order valence-corrected chi connectivity index (χ0v) is 13.7. The fourth-order valence-corrected chi connectivity index (χ4v) is 2.50. The molecule has 8 nitrogen and oxygen atoms in total. The van der Waals surface area contributed by atoms with E-state index >= 15 is 0 Å². The van der Waals surface area contributed by atoms with Crippen LogP contribution in [-0.4, -0.2) is 30.6 Å². The van der Waals surface area contributed by atoms with Gasteiger partial charge in [-0.3, -0.25) is 14.5 Å². The number of nitrogens with two attached hydrogens (primary N) is 1. The summed E-state index contributed by atoms with van der Waals surface area (Å²) < 4.78 is 1.68. The molecule has 3 aromatic heterocycles. The lowest BCUT2D eigenvalue weighted by molar-refractivity contribution is 0.102. The van der Waals surface area contributed by atoms with Crippen molar-refractivity contribution in [1.82, 2.24) is 24.7 Å². The van der Waals surface area contributed by atoms with E-state index < -0.39 is 5.91 Å². The van der Waals surface area contributed by atoms with Gasteiger partial charge in [-0.25, -0.2) is 9.97 Å². The maximum atomic E-state index is 12.4. The van der Waals surface area contributed by atoms with Crippen LogP contribution in [0.1, 0.15) is 34.9 Å². The number of pyridine rings is 1. The van der Waals surface area contributed by atoms with Crippen LogP contribution in [0.3, 0.4) is 0 Å². The van der Waals surface area contributed by atoms with E-state index in [1.807, 2.05) is 13.2 Å². The second-order valence-corrected chi connectivity index (χ2v) is 6.09. The molecule has 8 heteroatoms. The van der Waals surface area contributed by atoms with Crippen molar-refractivity contribution >= 4 is 17.4 Å². The van der Waals surface area contributed by atoms with Gasteiger partial charge in [-0.15, -0.1) is 0 Å². The predicted molar refractivity (Wildman–Crippen MR) is 92.8 cm³/mol. The Bertz CT molecular complexity index is 928. The molecular weight excluding hydrogens is 318 g/mol. The van der Waals surface area contributed by atoms with Gasteiger partial charge in [0, 0.05) is 30.9 Å². The van der Waals surface area contributed by atoms with Crippen molar-refractivity contribution in [3.63, 3.8) is 0 Å². The molecule has 1 amide bonds. The molecule has 25 heavy (non-hydrogen) atoms. The summed E-state index contributed by atoms with van der Waals surface area (Å²) >= 11 is 0. The third-order valence-corrected chi connectivity index (χ3v) is 4.06. The number of carbonyl (C=O) groups excluding carboxylic acids is 1. The number of rotatable bonds is 4. The van der Waals surface area contributed by atoms with Crippen LogP contribution in [0.25, 0.3) is 11.3 Å². The number of aromatic nitrogens is 5. The molecule has 1 fully saturated rings. The lowest BCUT2D eigenvalue weighted by Crippen LogP contribution is -2.16. The molecule has 1 saturated carbocycles. The highest BCUT2D eigenvalue weighted by atomic mass is 16.1. The largest absolute Gasteiger partial charge is 0.396 e. The van der Waals surface area contributed by atoms with Gasteiger partial charge in [0.25, 0.3) is 5.91 Å². The van der Waals surface area contributed by atoms with E-state index in [9.17, 15) is 4.79 Å². The topological polar surface area (TPSA) is 112 Å². The first-order valence-corrected chi connectivity index (χ1v) is 7.99. The molecule has 0 aromatic carbocycles. The summed E-state index contributed by atoms with van der Waals surface area (Å²) in [6, 6.07) is 3.49. The van der Waals surface area contributed by atoms with E-state index in [0.717, 1.165) is 24.1 Å². The minimum absolute atomic E-state index is 0.234. The smallest absolute Gasteiger partial charge is 0.277 e. The molecule has 0 atom stereocenters. The number of aryl methyl sites for hydroxylation is 1. The van der Waals surface area contributed by atoms with Gasteiger partial charge >= 0.3 is 0 Å². The normalized spacial score (nSPS) is 13.6. The summed E-state index contributed by atoms with van der Waals surface area (Å²) in [5, 5.41) is 6.82. The highest BCUT2D eigenvalue weighted by molar-refractivity contribution is 6.03.